The number of likely N-dealkylation sites (N-methyl/N-ethyl adjacent to an activating group) is 1. The highest BCUT2D eigenvalue weighted by atomic mass is 19.1. The number of esters is 1. The van der Waals surface area contributed by atoms with Crippen molar-refractivity contribution in [2.75, 3.05) is 13.7 Å². The fourth-order valence-electron chi connectivity index (χ4n) is 2.99. The van der Waals surface area contributed by atoms with E-state index in [1.165, 1.54) is 18.2 Å². The highest BCUT2D eigenvalue weighted by Crippen LogP contribution is 2.35. The zero-order valence-electron chi connectivity index (χ0n) is 14.8. The fourth-order valence-corrected chi connectivity index (χ4v) is 2.99. The van der Waals surface area contributed by atoms with E-state index in [-0.39, 0.29) is 24.8 Å². The Morgan fingerprint density at radius 3 is 2.62 bits per heavy atom. The van der Waals surface area contributed by atoms with Gasteiger partial charge in [0, 0.05) is 7.05 Å². The molecule has 2 aliphatic rings. The van der Waals surface area contributed by atoms with E-state index in [0.29, 0.717) is 17.2 Å². The number of ether oxygens (including phenoxy) is 2. The van der Waals surface area contributed by atoms with Crippen LogP contribution in [0.5, 0.6) is 0 Å². The van der Waals surface area contributed by atoms with Gasteiger partial charge >= 0.3 is 5.97 Å². The van der Waals surface area contributed by atoms with Gasteiger partial charge in [0.2, 0.25) is 5.88 Å². The third-order valence-corrected chi connectivity index (χ3v) is 4.42. The SMILES string of the molecule is CCOC(=O)C1=C2C=CC=C(OCc3c(F)cccc3F)N2N(C)C1C. The Bertz CT molecular complexity index is 797. The Morgan fingerprint density at radius 1 is 1.27 bits per heavy atom. The van der Waals surface area contributed by atoms with E-state index in [4.69, 9.17) is 9.47 Å². The Morgan fingerprint density at radius 2 is 1.96 bits per heavy atom. The van der Waals surface area contributed by atoms with Crippen molar-refractivity contribution in [2.45, 2.75) is 26.5 Å². The van der Waals surface area contributed by atoms with Gasteiger partial charge in [-0.1, -0.05) is 12.1 Å². The first-order chi connectivity index (χ1) is 12.5. The summed E-state index contributed by atoms with van der Waals surface area (Å²) in [6.07, 6.45) is 5.19. The second kappa shape index (κ2) is 7.29. The third-order valence-electron chi connectivity index (χ3n) is 4.42. The average molecular weight is 362 g/mol. The van der Waals surface area contributed by atoms with Gasteiger partial charge in [-0.3, -0.25) is 0 Å². The van der Waals surface area contributed by atoms with Gasteiger partial charge in [-0.2, -0.15) is 0 Å². The van der Waals surface area contributed by atoms with E-state index in [9.17, 15) is 13.6 Å². The first-order valence-electron chi connectivity index (χ1n) is 8.34. The van der Waals surface area contributed by atoms with Crippen molar-refractivity contribution in [1.82, 2.24) is 10.0 Å². The van der Waals surface area contributed by atoms with Crippen LogP contribution in [0.25, 0.3) is 0 Å². The molecule has 5 nitrogen and oxygen atoms in total. The van der Waals surface area contributed by atoms with Crippen LogP contribution < -0.4 is 0 Å². The van der Waals surface area contributed by atoms with Gasteiger partial charge in [-0.25, -0.2) is 23.6 Å². The molecule has 2 heterocycles. The van der Waals surface area contributed by atoms with Crippen LogP contribution in [0.2, 0.25) is 0 Å². The number of hydrogen-bond acceptors (Lipinski definition) is 5. The molecule has 1 aromatic rings. The Balaban J connectivity index is 1.85. The van der Waals surface area contributed by atoms with Crippen LogP contribution in [-0.2, 0) is 20.9 Å². The zero-order chi connectivity index (χ0) is 18.8. The monoisotopic (exact) mass is 362 g/mol. The third kappa shape index (κ3) is 3.10. The minimum absolute atomic E-state index is 0.144. The standard InChI is InChI=1S/C19H20F2N2O3/c1-4-25-19(24)18-12(2)22(3)23-16(18)9-6-10-17(23)26-11-13-14(20)7-5-8-15(13)21/h5-10,12H,4,11H2,1-3H3. The molecule has 0 fully saturated rings. The van der Waals surface area contributed by atoms with Gasteiger partial charge in [0.25, 0.3) is 0 Å². The van der Waals surface area contributed by atoms with E-state index < -0.39 is 17.6 Å². The summed E-state index contributed by atoms with van der Waals surface area (Å²) >= 11 is 0. The summed E-state index contributed by atoms with van der Waals surface area (Å²) < 4.78 is 38.5. The van der Waals surface area contributed by atoms with Crippen molar-refractivity contribution < 1.29 is 23.0 Å². The summed E-state index contributed by atoms with van der Waals surface area (Å²) in [4.78, 5) is 12.3. The van der Waals surface area contributed by atoms with E-state index in [0.717, 1.165) is 0 Å². The molecule has 0 aromatic heterocycles. The maximum absolute atomic E-state index is 13.8. The summed E-state index contributed by atoms with van der Waals surface area (Å²) in [5.41, 5.74) is 0.996. The van der Waals surface area contributed by atoms with E-state index in [1.807, 2.05) is 11.9 Å². The molecule has 1 aromatic carbocycles. The number of halogens is 2. The van der Waals surface area contributed by atoms with Gasteiger partial charge in [0.1, 0.15) is 18.2 Å². The lowest BCUT2D eigenvalue weighted by Gasteiger charge is -2.33. The molecule has 138 valence electrons. The normalized spacial score (nSPS) is 19.5. The van der Waals surface area contributed by atoms with Crippen molar-refractivity contribution in [2.24, 2.45) is 0 Å². The average Bonchev–Trinajstić information content (AvgIpc) is 2.86. The summed E-state index contributed by atoms with van der Waals surface area (Å²) in [7, 11) is 1.80. The van der Waals surface area contributed by atoms with Crippen LogP contribution in [0.15, 0.2) is 53.6 Å². The number of rotatable bonds is 5. The molecule has 1 unspecified atom stereocenters. The fraction of sp³-hybridized carbons (Fsp3) is 0.316. The predicted molar refractivity (Wildman–Crippen MR) is 91.1 cm³/mol. The highest BCUT2D eigenvalue weighted by Gasteiger charge is 2.40. The number of hydrazine groups is 1. The summed E-state index contributed by atoms with van der Waals surface area (Å²) in [5.74, 6) is -1.35. The number of carbonyl (C=O) groups is 1. The highest BCUT2D eigenvalue weighted by molar-refractivity contribution is 5.92. The van der Waals surface area contributed by atoms with Crippen LogP contribution in [-0.4, -0.2) is 35.7 Å². The smallest absolute Gasteiger partial charge is 0.337 e. The van der Waals surface area contributed by atoms with Crippen LogP contribution in [0.3, 0.4) is 0 Å². The molecular formula is C19H20F2N2O3. The number of hydrogen-bond donors (Lipinski definition) is 0. The summed E-state index contributed by atoms with van der Waals surface area (Å²) in [5, 5.41) is 3.52. The van der Waals surface area contributed by atoms with Crippen molar-refractivity contribution >= 4 is 5.97 Å². The molecule has 1 atom stereocenters. The number of nitrogens with zero attached hydrogens (tertiary/aromatic N) is 2. The molecular weight excluding hydrogens is 342 g/mol. The molecule has 26 heavy (non-hydrogen) atoms. The molecule has 0 amide bonds. The van der Waals surface area contributed by atoms with Crippen LogP contribution in [0, 0.1) is 11.6 Å². The van der Waals surface area contributed by atoms with E-state index in [1.54, 1.807) is 37.2 Å². The molecule has 0 saturated carbocycles. The molecule has 0 aliphatic carbocycles. The molecule has 0 saturated heterocycles. The summed E-state index contributed by atoms with van der Waals surface area (Å²) in [6.45, 7) is 3.64. The molecule has 3 rings (SSSR count). The lowest BCUT2D eigenvalue weighted by molar-refractivity contribution is -0.139. The van der Waals surface area contributed by atoms with E-state index in [2.05, 4.69) is 0 Å². The van der Waals surface area contributed by atoms with Crippen LogP contribution in [0.4, 0.5) is 8.78 Å². The van der Waals surface area contributed by atoms with Gasteiger partial charge in [-0.15, -0.1) is 0 Å². The minimum atomic E-state index is -0.664. The maximum Gasteiger partial charge on any atom is 0.337 e. The Hall–Kier alpha value is -2.67. The predicted octanol–water partition coefficient (Wildman–Crippen LogP) is 3.26. The van der Waals surface area contributed by atoms with Gasteiger partial charge in [0.05, 0.1) is 29.5 Å². The Kier molecular flexibility index (Phi) is 5.08. The first kappa shape index (κ1) is 18.1. The largest absolute Gasteiger partial charge is 0.473 e. The lowest BCUT2D eigenvalue weighted by Crippen LogP contribution is -2.39. The van der Waals surface area contributed by atoms with Crippen LogP contribution in [0.1, 0.15) is 19.4 Å². The lowest BCUT2D eigenvalue weighted by atomic mass is 10.1. The first-order valence-corrected chi connectivity index (χ1v) is 8.34. The quantitative estimate of drug-likeness (QED) is 0.752. The number of fused-ring (bicyclic) bond motifs is 1. The van der Waals surface area contributed by atoms with Gasteiger partial charge < -0.3 is 9.47 Å². The Labute approximate surface area is 150 Å². The van der Waals surface area contributed by atoms with Gasteiger partial charge in [0.15, 0.2) is 0 Å². The second-order valence-corrected chi connectivity index (χ2v) is 5.93. The number of carbonyl (C=O) groups excluding carboxylic acids is 1. The number of benzene rings is 1. The van der Waals surface area contributed by atoms with Crippen molar-refractivity contribution in [3.05, 3.63) is 70.8 Å². The molecule has 0 bridgehead atoms. The molecule has 7 heteroatoms. The molecule has 0 N–H and O–H groups in total. The number of allylic oxidation sites excluding steroid dienone is 3. The van der Waals surface area contributed by atoms with Crippen molar-refractivity contribution in [3.63, 3.8) is 0 Å². The van der Waals surface area contributed by atoms with E-state index >= 15 is 0 Å². The zero-order valence-corrected chi connectivity index (χ0v) is 14.8. The maximum atomic E-state index is 13.8. The van der Waals surface area contributed by atoms with Crippen molar-refractivity contribution in [1.29, 1.82) is 0 Å². The summed E-state index contributed by atoms with van der Waals surface area (Å²) in [6, 6.07) is 3.44. The topological polar surface area (TPSA) is 42.0 Å². The molecule has 0 spiro atoms. The van der Waals surface area contributed by atoms with Gasteiger partial charge in [-0.05, 0) is 38.1 Å². The molecule has 0 radical (unpaired) electrons. The van der Waals surface area contributed by atoms with Crippen molar-refractivity contribution in [3.8, 4) is 0 Å². The van der Waals surface area contributed by atoms with Crippen LogP contribution >= 0.6 is 0 Å². The second-order valence-electron chi connectivity index (χ2n) is 5.93. The minimum Gasteiger partial charge on any atom is -0.473 e. The molecule has 2 aliphatic heterocycles.